The van der Waals surface area contributed by atoms with Crippen LogP contribution in [0.15, 0.2) is 36.4 Å². The lowest BCUT2D eigenvalue weighted by Crippen LogP contribution is -2.12. The topological polar surface area (TPSA) is 78.7 Å². The molecule has 23 heavy (non-hydrogen) atoms. The van der Waals surface area contributed by atoms with Gasteiger partial charge in [0.25, 0.3) is 5.69 Å². The summed E-state index contributed by atoms with van der Waals surface area (Å²) in [5.41, 5.74) is -0.702. The van der Waals surface area contributed by atoms with Gasteiger partial charge < -0.3 is 9.47 Å². The van der Waals surface area contributed by atoms with Gasteiger partial charge in [-0.25, -0.2) is 13.6 Å². The maximum Gasteiger partial charge on any atom is 0.514 e. The van der Waals surface area contributed by atoms with Crippen LogP contribution in [0.5, 0.6) is 5.75 Å². The van der Waals surface area contributed by atoms with Crippen molar-refractivity contribution >= 4 is 23.4 Å². The molecule has 0 aliphatic heterocycles. The summed E-state index contributed by atoms with van der Waals surface area (Å²) in [6.45, 7) is -0.718. The second kappa shape index (κ2) is 7.01. The number of non-ortho nitro benzene ring substituents is 1. The van der Waals surface area contributed by atoms with Crippen molar-refractivity contribution in [1.29, 1.82) is 0 Å². The van der Waals surface area contributed by atoms with E-state index in [4.69, 9.17) is 16.3 Å². The Morgan fingerprint density at radius 2 is 1.83 bits per heavy atom. The van der Waals surface area contributed by atoms with E-state index < -0.39 is 34.9 Å². The number of halogens is 3. The zero-order valence-corrected chi connectivity index (χ0v) is 12.0. The first-order valence-electron chi connectivity index (χ1n) is 6.10. The highest BCUT2D eigenvalue weighted by molar-refractivity contribution is 6.30. The molecule has 0 aromatic heterocycles. The number of nitro benzene ring substituents is 1. The summed E-state index contributed by atoms with van der Waals surface area (Å²) in [6.07, 6.45) is -1.22. The summed E-state index contributed by atoms with van der Waals surface area (Å²) >= 11 is 5.50. The second-order valence-corrected chi connectivity index (χ2v) is 4.62. The van der Waals surface area contributed by atoms with Gasteiger partial charge in [0, 0.05) is 12.1 Å². The Labute approximate surface area is 133 Å². The molecular formula is C14H8ClF2NO5. The van der Waals surface area contributed by atoms with E-state index in [1.807, 2.05) is 0 Å². The summed E-state index contributed by atoms with van der Waals surface area (Å²) in [7, 11) is 0. The summed E-state index contributed by atoms with van der Waals surface area (Å²) in [4.78, 5) is 21.3. The molecule has 120 valence electrons. The number of hydrogen-bond donors (Lipinski definition) is 0. The van der Waals surface area contributed by atoms with E-state index in [0.29, 0.717) is 0 Å². The Balaban J connectivity index is 1.98. The van der Waals surface area contributed by atoms with Gasteiger partial charge in [-0.15, -0.1) is 0 Å². The van der Waals surface area contributed by atoms with Gasteiger partial charge in [0.1, 0.15) is 18.2 Å². The van der Waals surface area contributed by atoms with Gasteiger partial charge in [0.15, 0.2) is 5.82 Å². The van der Waals surface area contributed by atoms with Crippen LogP contribution in [0.1, 0.15) is 5.56 Å². The quantitative estimate of drug-likeness (QED) is 0.273. The van der Waals surface area contributed by atoms with Gasteiger partial charge >= 0.3 is 6.16 Å². The van der Waals surface area contributed by atoms with Crippen molar-refractivity contribution in [3.63, 3.8) is 0 Å². The first kappa shape index (κ1) is 16.6. The third-order valence-electron chi connectivity index (χ3n) is 2.72. The normalized spacial score (nSPS) is 10.2. The molecular weight excluding hydrogens is 336 g/mol. The number of benzene rings is 2. The van der Waals surface area contributed by atoms with Crippen LogP contribution < -0.4 is 4.74 Å². The first-order chi connectivity index (χ1) is 10.9. The van der Waals surface area contributed by atoms with Crippen LogP contribution in [0.2, 0.25) is 5.02 Å². The van der Waals surface area contributed by atoms with Gasteiger partial charge in [-0.05, 0) is 24.3 Å². The van der Waals surface area contributed by atoms with Crippen LogP contribution in [0.4, 0.5) is 19.3 Å². The fourth-order valence-corrected chi connectivity index (χ4v) is 1.77. The Kier molecular flexibility index (Phi) is 5.07. The van der Waals surface area contributed by atoms with Crippen molar-refractivity contribution in [3.05, 3.63) is 68.7 Å². The minimum absolute atomic E-state index is 0.0207. The van der Waals surface area contributed by atoms with Crippen molar-refractivity contribution in [2.75, 3.05) is 0 Å². The van der Waals surface area contributed by atoms with Gasteiger partial charge in [0.05, 0.1) is 15.5 Å². The molecule has 0 unspecified atom stereocenters. The van der Waals surface area contributed by atoms with Crippen LogP contribution in [0.25, 0.3) is 0 Å². The predicted molar refractivity (Wildman–Crippen MR) is 75.3 cm³/mol. The summed E-state index contributed by atoms with van der Waals surface area (Å²) in [5, 5.41) is 10.2. The molecule has 0 aliphatic carbocycles. The molecule has 0 aliphatic rings. The van der Waals surface area contributed by atoms with Gasteiger partial charge in [-0.1, -0.05) is 11.6 Å². The molecule has 0 heterocycles. The zero-order chi connectivity index (χ0) is 17.0. The average Bonchev–Trinajstić information content (AvgIpc) is 2.51. The molecule has 2 aromatic rings. The van der Waals surface area contributed by atoms with E-state index in [1.165, 1.54) is 12.1 Å². The fraction of sp³-hybridized carbons (Fsp3) is 0.0714. The fourth-order valence-electron chi connectivity index (χ4n) is 1.59. The Morgan fingerprint density at radius 1 is 1.17 bits per heavy atom. The molecule has 0 radical (unpaired) electrons. The molecule has 2 aromatic carbocycles. The van der Waals surface area contributed by atoms with Gasteiger partial charge in [0.2, 0.25) is 0 Å². The second-order valence-electron chi connectivity index (χ2n) is 4.21. The lowest BCUT2D eigenvalue weighted by Gasteiger charge is -2.08. The van der Waals surface area contributed by atoms with Crippen molar-refractivity contribution in [2.24, 2.45) is 0 Å². The first-order valence-corrected chi connectivity index (χ1v) is 6.47. The smallest absolute Gasteiger partial charge is 0.429 e. The van der Waals surface area contributed by atoms with E-state index in [9.17, 15) is 23.7 Å². The van der Waals surface area contributed by atoms with Crippen molar-refractivity contribution in [2.45, 2.75) is 6.61 Å². The van der Waals surface area contributed by atoms with Crippen LogP contribution in [0, 0.1) is 21.7 Å². The summed E-state index contributed by atoms with van der Waals surface area (Å²) in [5.74, 6) is -1.97. The summed E-state index contributed by atoms with van der Waals surface area (Å²) < 4.78 is 36.3. The zero-order valence-electron chi connectivity index (χ0n) is 11.3. The third kappa shape index (κ3) is 4.13. The molecule has 0 amide bonds. The van der Waals surface area contributed by atoms with Crippen molar-refractivity contribution in [3.8, 4) is 5.75 Å². The SMILES string of the molecule is O=C(OCc1c(F)ccc(Cl)c1F)Oc1ccc([N+](=O)[O-])cc1. The number of carbonyl (C=O) groups is 1. The Bertz CT molecular complexity index is 752. The molecule has 0 atom stereocenters. The maximum absolute atomic E-state index is 13.6. The number of carbonyl (C=O) groups excluding carboxylic acids is 1. The lowest BCUT2D eigenvalue weighted by molar-refractivity contribution is -0.384. The number of hydrogen-bond acceptors (Lipinski definition) is 5. The highest BCUT2D eigenvalue weighted by Crippen LogP contribution is 2.22. The van der Waals surface area contributed by atoms with E-state index in [-0.39, 0.29) is 16.5 Å². The third-order valence-corrected chi connectivity index (χ3v) is 3.01. The number of ether oxygens (including phenoxy) is 2. The largest absolute Gasteiger partial charge is 0.514 e. The molecule has 6 nitrogen and oxygen atoms in total. The molecule has 9 heteroatoms. The maximum atomic E-state index is 13.6. The molecule has 0 fully saturated rings. The van der Waals surface area contributed by atoms with Crippen molar-refractivity contribution < 1.29 is 28.0 Å². The molecule has 0 spiro atoms. The van der Waals surface area contributed by atoms with Gasteiger partial charge in [-0.2, -0.15) is 0 Å². The van der Waals surface area contributed by atoms with Gasteiger partial charge in [-0.3, -0.25) is 10.1 Å². The molecule has 0 saturated carbocycles. The van der Waals surface area contributed by atoms with Crippen LogP contribution in [0.3, 0.4) is 0 Å². The number of nitrogens with zero attached hydrogens (tertiary/aromatic N) is 1. The number of nitro groups is 1. The highest BCUT2D eigenvalue weighted by atomic mass is 35.5. The van der Waals surface area contributed by atoms with Crippen LogP contribution >= 0.6 is 11.6 Å². The highest BCUT2D eigenvalue weighted by Gasteiger charge is 2.16. The minimum Gasteiger partial charge on any atom is -0.429 e. The van der Waals surface area contributed by atoms with Crippen LogP contribution in [-0.4, -0.2) is 11.1 Å². The molecule has 0 bridgehead atoms. The van der Waals surface area contributed by atoms with E-state index in [0.717, 1.165) is 24.3 Å². The predicted octanol–water partition coefficient (Wildman–Crippen LogP) is 4.24. The monoisotopic (exact) mass is 343 g/mol. The Morgan fingerprint density at radius 3 is 2.43 bits per heavy atom. The minimum atomic E-state index is -1.22. The number of rotatable bonds is 4. The standard InChI is InChI=1S/C14H8ClF2NO5/c15-11-5-6-12(16)10(13(11)17)7-22-14(19)23-9-3-1-8(2-4-9)18(20)21/h1-6H,7H2. The Hall–Kier alpha value is -2.74. The molecule has 0 saturated heterocycles. The molecule has 2 rings (SSSR count). The van der Waals surface area contributed by atoms with E-state index in [2.05, 4.69) is 4.74 Å². The van der Waals surface area contributed by atoms with Crippen LogP contribution in [-0.2, 0) is 11.3 Å². The van der Waals surface area contributed by atoms with E-state index in [1.54, 1.807) is 0 Å². The summed E-state index contributed by atoms with van der Waals surface area (Å²) in [6, 6.07) is 6.58. The average molecular weight is 344 g/mol. The lowest BCUT2D eigenvalue weighted by atomic mass is 10.2. The van der Waals surface area contributed by atoms with E-state index >= 15 is 0 Å². The van der Waals surface area contributed by atoms with Crippen molar-refractivity contribution in [1.82, 2.24) is 0 Å². The molecule has 0 N–H and O–H groups in total.